The number of carbonyl (C=O) groups excluding carboxylic acids is 1. The minimum absolute atomic E-state index is 0.0000540. The van der Waals surface area contributed by atoms with Crippen molar-refractivity contribution in [3.05, 3.63) is 29.6 Å². The van der Waals surface area contributed by atoms with Crippen molar-refractivity contribution in [1.29, 1.82) is 0 Å². The molecule has 3 N–H and O–H groups in total. The second-order valence-electron chi connectivity index (χ2n) is 3.55. The van der Waals surface area contributed by atoms with Gasteiger partial charge in [-0.2, -0.15) is 0 Å². The number of hydrogen-bond donors (Lipinski definition) is 2. The van der Waals surface area contributed by atoms with Gasteiger partial charge in [0.1, 0.15) is 0 Å². The van der Waals surface area contributed by atoms with Gasteiger partial charge < -0.3 is 11.1 Å². The van der Waals surface area contributed by atoms with Crippen molar-refractivity contribution in [3.8, 4) is 11.3 Å². The molecule has 4 nitrogen and oxygen atoms in total. The lowest BCUT2D eigenvalue weighted by Crippen LogP contribution is -2.09. The molecule has 0 atom stereocenters. The summed E-state index contributed by atoms with van der Waals surface area (Å²) in [6.45, 7) is 1.82. The highest BCUT2D eigenvalue weighted by atomic mass is 32.1. The molecule has 0 aliphatic rings. The first-order valence-electron chi connectivity index (χ1n) is 5.30. The maximum atomic E-state index is 11.3. The van der Waals surface area contributed by atoms with Crippen LogP contribution in [0.4, 0.5) is 10.8 Å². The molecule has 1 amide bonds. The van der Waals surface area contributed by atoms with E-state index in [1.807, 2.05) is 36.6 Å². The van der Waals surface area contributed by atoms with E-state index in [1.165, 1.54) is 11.3 Å². The first kappa shape index (κ1) is 11.6. The summed E-state index contributed by atoms with van der Waals surface area (Å²) in [5, 5.41) is 5.26. The van der Waals surface area contributed by atoms with E-state index in [9.17, 15) is 4.79 Å². The lowest BCUT2D eigenvalue weighted by molar-refractivity contribution is -0.115. The average molecular weight is 247 g/mol. The Kier molecular flexibility index (Phi) is 3.39. The largest absolute Gasteiger partial charge is 0.375 e. The topological polar surface area (TPSA) is 68.0 Å². The highest BCUT2D eigenvalue weighted by Gasteiger charge is 2.04. The van der Waals surface area contributed by atoms with Gasteiger partial charge in [-0.3, -0.25) is 4.79 Å². The van der Waals surface area contributed by atoms with Gasteiger partial charge in [0.2, 0.25) is 5.91 Å². The molecule has 2 aromatic rings. The third kappa shape index (κ3) is 2.82. The zero-order valence-corrected chi connectivity index (χ0v) is 10.3. The van der Waals surface area contributed by atoms with Crippen LogP contribution in [0.2, 0.25) is 0 Å². The molecule has 0 bridgehead atoms. The van der Waals surface area contributed by atoms with Crippen LogP contribution in [0.3, 0.4) is 0 Å². The van der Waals surface area contributed by atoms with Gasteiger partial charge in [0.15, 0.2) is 5.13 Å². The fourth-order valence-electron chi connectivity index (χ4n) is 1.43. The summed E-state index contributed by atoms with van der Waals surface area (Å²) < 4.78 is 0. The van der Waals surface area contributed by atoms with E-state index in [4.69, 9.17) is 5.73 Å². The van der Waals surface area contributed by atoms with Crippen molar-refractivity contribution in [2.24, 2.45) is 0 Å². The van der Waals surface area contributed by atoms with Crippen molar-refractivity contribution in [2.45, 2.75) is 13.3 Å². The van der Waals surface area contributed by atoms with E-state index in [-0.39, 0.29) is 5.91 Å². The molecular formula is C12H13N3OS. The molecule has 88 valence electrons. The van der Waals surface area contributed by atoms with E-state index in [2.05, 4.69) is 10.3 Å². The highest BCUT2D eigenvalue weighted by Crippen LogP contribution is 2.25. The molecule has 2 rings (SSSR count). The molecule has 5 heteroatoms. The SMILES string of the molecule is CCC(=O)Nc1cccc(-c2csc(N)n2)c1. The van der Waals surface area contributed by atoms with Crippen LogP contribution in [0.25, 0.3) is 11.3 Å². The van der Waals surface area contributed by atoms with E-state index in [1.54, 1.807) is 0 Å². The predicted octanol–water partition coefficient (Wildman–Crippen LogP) is 2.74. The number of aromatic nitrogens is 1. The summed E-state index contributed by atoms with van der Waals surface area (Å²) in [6.07, 6.45) is 0.466. The fourth-order valence-corrected chi connectivity index (χ4v) is 2.00. The van der Waals surface area contributed by atoms with Crippen molar-refractivity contribution in [2.75, 3.05) is 11.1 Å². The number of hydrogen-bond acceptors (Lipinski definition) is 4. The number of thiazole rings is 1. The molecular weight excluding hydrogens is 234 g/mol. The molecule has 0 saturated carbocycles. The quantitative estimate of drug-likeness (QED) is 0.876. The third-order valence-corrected chi connectivity index (χ3v) is 2.96. The molecule has 0 fully saturated rings. The Morgan fingerprint density at radius 1 is 1.53 bits per heavy atom. The molecule has 1 aromatic heterocycles. The normalized spacial score (nSPS) is 10.2. The third-order valence-electron chi connectivity index (χ3n) is 2.29. The van der Waals surface area contributed by atoms with Crippen molar-refractivity contribution >= 4 is 28.1 Å². The monoisotopic (exact) mass is 247 g/mol. The second kappa shape index (κ2) is 4.97. The number of nitrogens with two attached hydrogens (primary N) is 1. The van der Waals surface area contributed by atoms with Gasteiger partial charge in [0.25, 0.3) is 0 Å². The van der Waals surface area contributed by atoms with Gasteiger partial charge in [-0.05, 0) is 12.1 Å². The Labute approximate surface area is 103 Å². The van der Waals surface area contributed by atoms with Gasteiger partial charge in [-0.15, -0.1) is 11.3 Å². The summed E-state index contributed by atoms with van der Waals surface area (Å²) in [5.41, 5.74) is 8.16. The van der Waals surface area contributed by atoms with Gasteiger partial charge >= 0.3 is 0 Å². The fraction of sp³-hybridized carbons (Fsp3) is 0.167. The summed E-state index contributed by atoms with van der Waals surface area (Å²) in [5.74, 6) is -0.0000540. The summed E-state index contributed by atoms with van der Waals surface area (Å²) in [6, 6.07) is 7.57. The highest BCUT2D eigenvalue weighted by molar-refractivity contribution is 7.13. The number of rotatable bonds is 3. The van der Waals surface area contributed by atoms with Crippen LogP contribution in [0.1, 0.15) is 13.3 Å². The van der Waals surface area contributed by atoms with Crippen LogP contribution in [-0.4, -0.2) is 10.9 Å². The Hall–Kier alpha value is -1.88. The zero-order valence-electron chi connectivity index (χ0n) is 9.43. The number of nitrogen functional groups attached to an aromatic ring is 1. The molecule has 1 heterocycles. The van der Waals surface area contributed by atoms with E-state index < -0.39 is 0 Å². The van der Waals surface area contributed by atoms with Gasteiger partial charge in [0, 0.05) is 23.1 Å². The van der Waals surface area contributed by atoms with Crippen LogP contribution in [0.15, 0.2) is 29.6 Å². The minimum atomic E-state index is -0.0000540. The summed E-state index contributed by atoms with van der Waals surface area (Å²) in [4.78, 5) is 15.5. The van der Waals surface area contributed by atoms with Crippen LogP contribution >= 0.6 is 11.3 Å². The number of benzene rings is 1. The Bertz CT molecular complexity index is 536. The summed E-state index contributed by atoms with van der Waals surface area (Å²) in [7, 11) is 0. The molecule has 0 aliphatic carbocycles. The molecule has 1 aromatic carbocycles. The number of nitrogens with zero attached hydrogens (tertiary/aromatic N) is 1. The molecule has 0 unspecified atom stereocenters. The number of nitrogens with one attached hydrogen (secondary N) is 1. The molecule has 0 spiro atoms. The number of amides is 1. The lowest BCUT2D eigenvalue weighted by Gasteiger charge is -2.04. The van der Waals surface area contributed by atoms with Crippen LogP contribution < -0.4 is 11.1 Å². The number of carbonyl (C=O) groups is 1. The molecule has 0 saturated heterocycles. The van der Waals surface area contributed by atoms with Crippen molar-refractivity contribution < 1.29 is 4.79 Å². The Morgan fingerprint density at radius 3 is 3.00 bits per heavy atom. The Morgan fingerprint density at radius 2 is 2.35 bits per heavy atom. The van der Waals surface area contributed by atoms with E-state index in [0.717, 1.165) is 16.9 Å². The van der Waals surface area contributed by atoms with Crippen molar-refractivity contribution in [3.63, 3.8) is 0 Å². The molecule has 0 radical (unpaired) electrons. The van der Waals surface area contributed by atoms with Crippen LogP contribution in [0, 0.1) is 0 Å². The van der Waals surface area contributed by atoms with E-state index in [0.29, 0.717) is 11.6 Å². The smallest absolute Gasteiger partial charge is 0.224 e. The second-order valence-corrected chi connectivity index (χ2v) is 4.44. The first-order valence-corrected chi connectivity index (χ1v) is 6.18. The minimum Gasteiger partial charge on any atom is -0.375 e. The standard InChI is InChI=1S/C12H13N3OS/c1-2-11(16)14-9-5-3-4-8(6-9)10-7-17-12(13)15-10/h3-7H,2H2,1H3,(H2,13,15)(H,14,16). The molecule has 0 aliphatic heterocycles. The first-order chi connectivity index (χ1) is 8.19. The van der Waals surface area contributed by atoms with Crippen LogP contribution in [-0.2, 0) is 4.79 Å². The van der Waals surface area contributed by atoms with Crippen LogP contribution in [0.5, 0.6) is 0 Å². The lowest BCUT2D eigenvalue weighted by atomic mass is 10.1. The number of anilines is 2. The summed E-state index contributed by atoms with van der Waals surface area (Å²) >= 11 is 1.40. The predicted molar refractivity (Wildman–Crippen MR) is 70.9 cm³/mol. The van der Waals surface area contributed by atoms with Gasteiger partial charge in [-0.1, -0.05) is 19.1 Å². The maximum Gasteiger partial charge on any atom is 0.224 e. The zero-order chi connectivity index (χ0) is 12.3. The van der Waals surface area contributed by atoms with Gasteiger partial charge in [-0.25, -0.2) is 4.98 Å². The Balaban J connectivity index is 2.25. The van der Waals surface area contributed by atoms with E-state index >= 15 is 0 Å². The van der Waals surface area contributed by atoms with Gasteiger partial charge in [0.05, 0.1) is 5.69 Å². The average Bonchev–Trinajstić information content (AvgIpc) is 2.76. The van der Waals surface area contributed by atoms with Crippen molar-refractivity contribution in [1.82, 2.24) is 4.98 Å². The molecule has 17 heavy (non-hydrogen) atoms. The maximum absolute atomic E-state index is 11.3.